The van der Waals surface area contributed by atoms with Gasteiger partial charge in [-0.25, -0.2) is 4.42 Å². The predicted octanol–water partition coefficient (Wildman–Crippen LogP) is 13.8. The molecule has 0 aliphatic carbocycles. The van der Waals surface area contributed by atoms with Crippen LogP contribution in [0.4, 0.5) is 0 Å². The molecule has 0 saturated heterocycles. The topological polar surface area (TPSA) is 11.3 Å². The van der Waals surface area contributed by atoms with E-state index in [4.69, 9.17) is 4.42 Å². The van der Waals surface area contributed by atoms with E-state index < -0.39 is 0 Å². The average molecular weight is 570 g/mol. The van der Waals surface area contributed by atoms with Crippen LogP contribution >= 0.6 is 0 Å². The predicted molar refractivity (Wildman–Crippen MR) is 185 cm³/mol. The maximum absolute atomic E-state index is 6.36. The zero-order valence-electron chi connectivity index (χ0n) is 27.3. The first-order valence-electron chi connectivity index (χ1n) is 17.9. The van der Waals surface area contributed by atoms with Crippen LogP contribution < -0.4 is 0 Å². The third kappa shape index (κ3) is 14.2. The molecule has 1 nitrogen and oxygen atoms in total. The Morgan fingerprint density at radius 3 is 1.00 bits per heavy atom. The van der Waals surface area contributed by atoms with Crippen molar-refractivity contribution in [3.8, 4) is 22.6 Å². The highest BCUT2D eigenvalue weighted by atomic mass is 16.3. The molecular formula is C41H61O+. The van der Waals surface area contributed by atoms with E-state index in [1.54, 1.807) is 0 Å². The molecule has 0 atom stereocenters. The molecule has 0 aliphatic heterocycles. The molecule has 3 aromatic rings. The second-order valence-electron chi connectivity index (χ2n) is 12.6. The Balaban J connectivity index is 1.34. The van der Waals surface area contributed by atoms with E-state index in [0.29, 0.717) is 0 Å². The summed E-state index contributed by atoms with van der Waals surface area (Å²) in [7, 11) is 0. The zero-order valence-corrected chi connectivity index (χ0v) is 27.3. The highest BCUT2D eigenvalue weighted by molar-refractivity contribution is 5.63. The van der Waals surface area contributed by atoms with Gasteiger partial charge in [0.2, 0.25) is 0 Å². The lowest BCUT2D eigenvalue weighted by atomic mass is 10.0. The first-order valence-corrected chi connectivity index (χ1v) is 17.9. The number of aryl methyl sites for hydroxylation is 2. The Morgan fingerprint density at radius 2 is 0.667 bits per heavy atom. The molecule has 3 rings (SSSR count). The first-order chi connectivity index (χ1) is 20.8. The molecule has 0 radical (unpaired) electrons. The van der Waals surface area contributed by atoms with Crippen LogP contribution in [0.2, 0.25) is 0 Å². The van der Waals surface area contributed by atoms with Crippen molar-refractivity contribution in [2.75, 3.05) is 0 Å². The Hall–Kier alpha value is -2.41. The molecule has 0 bridgehead atoms. The minimum atomic E-state index is 0.937. The minimum Gasteiger partial charge on any atom is -0.207 e. The fourth-order valence-electron chi connectivity index (χ4n) is 6.02. The molecule has 42 heavy (non-hydrogen) atoms. The molecule has 0 amide bonds. The van der Waals surface area contributed by atoms with Gasteiger partial charge in [-0.05, 0) is 67.1 Å². The summed E-state index contributed by atoms with van der Waals surface area (Å²) in [5, 5.41) is 0. The normalized spacial score (nSPS) is 11.3. The van der Waals surface area contributed by atoms with Crippen molar-refractivity contribution in [3.63, 3.8) is 0 Å². The average Bonchev–Trinajstić information content (AvgIpc) is 3.03. The van der Waals surface area contributed by atoms with Crippen molar-refractivity contribution in [3.05, 3.63) is 77.9 Å². The number of rotatable bonds is 24. The van der Waals surface area contributed by atoms with Crippen molar-refractivity contribution in [1.29, 1.82) is 0 Å². The van der Waals surface area contributed by atoms with Crippen LogP contribution in [0.25, 0.3) is 22.6 Å². The molecule has 0 fully saturated rings. The summed E-state index contributed by atoms with van der Waals surface area (Å²) >= 11 is 0. The Bertz CT molecular complexity index is 966. The zero-order chi connectivity index (χ0) is 29.5. The van der Waals surface area contributed by atoms with Crippen LogP contribution in [0.3, 0.4) is 0 Å². The van der Waals surface area contributed by atoms with E-state index in [1.807, 2.05) is 0 Å². The molecular weight excluding hydrogens is 508 g/mol. The summed E-state index contributed by atoms with van der Waals surface area (Å²) in [6.07, 6.45) is 30.2. The van der Waals surface area contributed by atoms with E-state index in [2.05, 4.69) is 80.6 Å². The van der Waals surface area contributed by atoms with Gasteiger partial charge in [-0.15, -0.1) is 0 Å². The van der Waals surface area contributed by atoms with E-state index in [9.17, 15) is 0 Å². The molecule has 0 saturated carbocycles. The van der Waals surface area contributed by atoms with Gasteiger partial charge in [0.15, 0.2) is 0 Å². The molecule has 0 N–H and O–H groups in total. The summed E-state index contributed by atoms with van der Waals surface area (Å²) in [5.41, 5.74) is 5.18. The van der Waals surface area contributed by atoms with Crippen LogP contribution in [-0.4, -0.2) is 0 Å². The maximum atomic E-state index is 6.36. The quantitative estimate of drug-likeness (QED) is 0.0771. The van der Waals surface area contributed by atoms with Crippen LogP contribution in [0.1, 0.15) is 153 Å². The van der Waals surface area contributed by atoms with E-state index in [-0.39, 0.29) is 0 Å². The molecule has 0 unspecified atom stereocenters. The largest absolute Gasteiger partial charge is 0.360 e. The van der Waals surface area contributed by atoms with Crippen LogP contribution in [0, 0.1) is 0 Å². The van der Waals surface area contributed by atoms with Gasteiger partial charge in [0.1, 0.15) is 0 Å². The lowest BCUT2D eigenvalue weighted by molar-refractivity contribution is 0.556. The molecule has 2 aromatic carbocycles. The molecule has 1 aromatic heterocycles. The van der Waals surface area contributed by atoms with Gasteiger partial charge in [-0.3, -0.25) is 0 Å². The standard InChI is InChI=1S/C41H61O/c1-3-5-7-9-11-13-15-17-19-21-24-36-28-32-38(33-29-36)40-26-23-27-41(42-40)39-34-30-37(31-35-39)25-22-20-18-16-14-12-10-8-6-4-2/h23,26-35H,3-22,24-25H2,1-2H3/q+1. The van der Waals surface area contributed by atoms with Gasteiger partial charge in [0.05, 0.1) is 11.1 Å². The third-order valence-electron chi connectivity index (χ3n) is 8.83. The van der Waals surface area contributed by atoms with Gasteiger partial charge in [0.25, 0.3) is 0 Å². The van der Waals surface area contributed by atoms with E-state index >= 15 is 0 Å². The summed E-state index contributed by atoms with van der Waals surface area (Å²) < 4.78 is 6.36. The van der Waals surface area contributed by atoms with Gasteiger partial charge >= 0.3 is 11.5 Å². The van der Waals surface area contributed by atoms with Crippen LogP contribution in [-0.2, 0) is 12.8 Å². The lowest BCUT2D eigenvalue weighted by Crippen LogP contribution is -1.88. The van der Waals surface area contributed by atoms with Crippen LogP contribution in [0.5, 0.6) is 0 Å². The summed E-state index contributed by atoms with van der Waals surface area (Å²) in [6.45, 7) is 4.58. The SMILES string of the molecule is CCCCCCCCCCCCc1ccc(-c2cccc(-c3ccc(CCCCCCCCCCCC)cc3)[o+]2)cc1. The minimum absolute atomic E-state index is 0.937. The van der Waals surface area contributed by atoms with E-state index in [1.165, 1.54) is 152 Å². The van der Waals surface area contributed by atoms with E-state index in [0.717, 1.165) is 22.6 Å². The Kier molecular flexibility index (Phi) is 18.0. The molecule has 1 heterocycles. The summed E-state index contributed by atoms with van der Waals surface area (Å²) in [5.74, 6) is 1.87. The number of unbranched alkanes of at least 4 members (excludes halogenated alkanes) is 18. The number of hydrogen-bond acceptors (Lipinski definition) is 0. The second-order valence-corrected chi connectivity index (χ2v) is 12.6. The lowest BCUT2D eigenvalue weighted by Gasteiger charge is -2.04. The molecule has 1 heteroatoms. The fourth-order valence-corrected chi connectivity index (χ4v) is 6.02. The van der Waals surface area contributed by atoms with Crippen molar-refractivity contribution < 1.29 is 4.42 Å². The second kappa shape index (κ2) is 22.2. The van der Waals surface area contributed by atoms with Gasteiger partial charge in [-0.2, -0.15) is 0 Å². The summed E-state index contributed by atoms with van der Waals surface area (Å²) in [6, 6.07) is 24.3. The number of benzene rings is 2. The molecule has 0 spiro atoms. The first kappa shape index (κ1) is 34.1. The fraction of sp³-hybridized carbons (Fsp3) is 0.585. The smallest absolute Gasteiger partial charge is 0.207 e. The monoisotopic (exact) mass is 569 g/mol. The van der Waals surface area contributed by atoms with Crippen molar-refractivity contribution in [1.82, 2.24) is 0 Å². The third-order valence-corrected chi connectivity index (χ3v) is 8.83. The highest BCUT2D eigenvalue weighted by Crippen LogP contribution is 2.27. The van der Waals surface area contributed by atoms with Crippen molar-refractivity contribution in [2.45, 2.75) is 155 Å². The van der Waals surface area contributed by atoms with Gasteiger partial charge in [-0.1, -0.05) is 154 Å². The highest BCUT2D eigenvalue weighted by Gasteiger charge is 2.16. The maximum Gasteiger partial charge on any atom is 0.360 e. The van der Waals surface area contributed by atoms with Gasteiger partial charge < -0.3 is 0 Å². The Labute approximate surface area is 259 Å². The summed E-state index contributed by atoms with van der Waals surface area (Å²) in [4.78, 5) is 0. The molecule has 230 valence electrons. The Morgan fingerprint density at radius 1 is 0.357 bits per heavy atom. The van der Waals surface area contributed by atoms with Crippen LogP contribution in [0.15, 0.2) is 71.1 Å². The van der Waals surface area contributed by atoms with Crippen molar-refractivity contribution >= 4 is 0 Å². The van der Waals surface area contributed by atoms with Gasteiger partial charge in [0, 0.05) is 12.1 Å². The van der Waals surface area contributed by atoms with Crippen molar-refractivity contribution in [2.24, 2.45) is 0 Å². The number of hydrogen-bond donors (Lipinski definition) is 0. The molecule has 0 aliphatic rings.